The molecule has 16 heavy (non-hydrogen) atoms. The third-order valence-corrected chi connectivity index (χ3v) is 2.63. The van der Waals surface area contributed by atoms with Crippen LogP contribution in [0.2, 0.25) is 5.02 Å². The van der Waals surface area contributed by atoms with Crippen molar-refractivity contribution < 1.29 is 9.66 Å². The Morgan fingerprint density at radius 3 is 2.75 bits per heavy atom. The quantitative estimate of drug-likeness (QED) is 0.591. The van der Waals surface area contributed by atoms with Gasteiger partial charge in [-0.2, -0.15) is 4.68 Å². The summed E-state index contributed by atoms with van der Waals surface area (Å²) in [5, 5.41) is 14.3. The second-order valence-electron chi connectivity index (χ2n) is 4.03. The predicted octanol–water partition coefficient (Wildman–Crippen LogP) is 2.26. The molecule has 1 heterocycles. The second kappa shape index (κ2) is 4.80. The van der Waals surface area contributed by atoms with Crippen LogP contribution >= 0.6 is 11.6 Å². The second-order valence-corrected chi connectivity index (χ2v) is 4.44. The van der Waals surface area contributed by atoms with Crippen LogP contribution in [-0.4, -0.2) is 27.4 Å². The topological polar surface area (TPSA) is 70.2 Å². The first kappa shape index (κ1) is 12.9. The minimum absolute atomic E-state index is 0.0558. The standard InChI is InChI=1S/C9H14ClN3O3/c1-9(2,16-3)4-5-12-6-7(10)8(11-12)13(14)15/h6H,4-5H2,1-3H3. The highest BCUT2D eigenvalue weighted by atomic mass is 35.5. The van der Waals surface area contributed by atoms with Crippen LogP contribution in [0.3, 0.4) is 0 Å². The molecule has 0 N–H and O–H groups in total. The van der Waals surface area contributed by atoms with E-state index in [1.165, 1.54) is 10.9 Å². The van der Waals surface area contributed by atoms with E-state index >= 15 is 0 Å². The highest BCUT2D eigenvalue weighted by Crippen LogP contribution is 2.22. The largest absolute Gasteiger partial charge is 0.408 e. The molecule has 90 valence electrons. The molecular formula is C9H14ClN3O3. The van der Waals surface area contributed by atoms with Crippen molar-refractivity contribution in [3.63, 3.8) is 0 Å². The van der Waals surface area contributed by atoms with E-state index in [1.54, 1.807) is 7.11 Å². The van der Waals surface area contributed by atoms with E-state index in [4.69, 9.17) is 16.3 Å². The molecule has 7 heteroatoms. The molecule has 0 radical (unpaired) electrons. The Morgan fingerprint density at radius 1 is 1.69 bits per heavy atom. The van der Waals surface area contributed by atoms with Gasteiger partial charge in [-0.15, -0.1) is 0 Å². The third-order valence-electron chi connectivity index (χ3n) is 2.37. The summed E-state index contributed by atoms with van der Waals surface area (Å²) in [6, 6.07) is 0. The molecule has 0 unspecified atom stereocenters. The summed E-state index contributed by atoms with van der Waals surface area (Å²) in [6.45, 7) is 4.40. The molecule has 6 nitrogen and oxygen atoms in total. The summed E-state index contributed by atoms with van der Waals surface area (Å²) in [5.74, 6) is -0.308. The van der Waals surface area contributed by atoms with Crippen LogP contribution in [0.25, 0.3) is 0 Å². The van der Waals surface area contributed by atoms with Gasteiger partial charge < -0.3 is 14.9 Å². The first-order valence-electron chi connectivity index (χ1n) is 4.78. The highest BCUT2D eigenvalue weighted by molar-refractivity contribution is 6.32. The van der Waals surface area contributed by atoms with E-state index in [2.05, 4.69) is 5.10 Å². The average molecular weight is 248 g/mol. The van der Waals surface area contributed by atoms with Gasteiger partial charge in [0, 0.05) is 7.11 Å². The minimum atomic E-state index is -0.597. The van der Waals surface area contributed by atoms with Crippen LogP contribution in [0.5, 0.6) is 0 Å². The van der Waals surface area contributed by atoms with E-state index in [1.807, 2.05) is 13.8 Å². The Kier molecular flexibility index (Phi) is 3.88. The zero-order valence-electron chi connectivity index (χ0n) is 9.44. The SMILES string of the molecule is COC(C)(C)CCn1cc(Cl)c([N+](=O)[O-])n1. The lowest BCUT2D eigenvalue weighted by atomic mass is 10.1. The number of aryl methyl sites for hydroxylation is 1. The first-order chi connectivity index (χ1) is 7.35. The summed E-state index contributed by atoms with van der Waals surface area (Å²) in [7, 11) is 1.62. The van der Waals surface area contributed by atoms with Crippen LogP contribution in [0.4, 0.5) is 5.82 Å². The normalized spacial score (nSPS) is 11.8. The Bertz CT molecular complexity index is 389. The van der Waals surface area contributed by atoms with Crippen LogP contribution in [0.15, 0.2) is 6.20 Å². The molecule has 1 aromatic heterocycles. The number of halogens is 1. The fourth-order valence-electron chi connectivity index (χ4n) is 1.11. The van der Waals surface area contributed by atoms with Crippen molar-refractivity contribution in [2.24, 2.45) is 0 Å². The lowest BCUT2D eigenvalue weighted by molar-refractivity contribution is -0.389. The van der Waals surface area contributed by atoms with E-state index in [-0.39, 0.29) is 16.4 Å². The van der Waals surface area contributed by atoms with Gasteiger partial charge in [0.25, 0.3) is 0 Å². The van der Waals surface area contributed by atoms with Gasteiger partial charge in [0.2, 0.25) is 0 Å². The van der Waals surface area contributed by atoms with Gasteiger partial charge in [-0.25, -0.2) is 0 Å². The Hall–Kier alpha value is -1.14. The monoisotopic (exact) mass is 247 g/mol. The van der Waals surface area contributed by atoms with Gasteiger partial charge in [-0.1, -0.05) is 11.6 Å². The zero-order valence-corrected chi connectivity index (χ0v) is 10.2. The van der Waals surface area contributed by atoms with E-state index in [0.717, 1.165) is 0 Å². The van der Waals surface area contributed by atoms with Crippen LogP contribution in [0.1, 0.15) is 20.3 Å². The predicted molar refractivity (Wildman–Crippen MR) is 59.6 cm³/mol. The number of hydrogen-bond donors (Lipinski definition) is 0. The highest BCUT2D eigenvalue weighted by Gasteiger charge is 2.21. The fraction of sp³-hybridized carbons (Fsp3) is 0.667. The van der Waals surface area contributed by atoms with E-state index in [0.29, 0.717) is 13.0 Å². The van der Waals surface area contributed by atoms with Gasteiger partial charge in [0.05, 0.1) is 23.4 Å². The number of hydrogen-bond acceptors (Lipinski definition) is 4. The van der Waals surface area contributed by atoms with Gasteiger partial charge >= 0.3 is 5.82 Å². The van der Waals surface area contributed by atoms with Crippen LogP contribution in [-0.2, 0) is 11.3 Å². The molecule has 0 aliphatic rings. The van der Waals surface area contributed by atoms with Crippen molar-refractivity contribution in [1.29, 1.82) is 0 Å². The lowest BCUT2D eigenvalue weighted by Gasteiger charge is -2.21. The molecule has 0 atom stereocenters. The number of aromatic nitrogens is 2. The third kappa shape index (κ3) is 3.18. The molecule has 0 aromatic carbocycles. The molecule has 0 fully saturated rings. The molecule has 0 spiro atoms. The van der Waals surface area contributed by atoms with Crippen LogP contribution < -0.4 is 0 Å². The van der Waals surface area contributed by atoms with E-state index in [9.17, 15) is 10.1 Å². The first-order valence-corrected chi connectivity index (χ1v) is 5.16. The Balaban J connectivity index is 2.69. The lowest BCUT2D eigenvalue weighted by Crippen LogP contribution is -2.24. The molecule has 0 aliphatic heterocycles. The summed E-state index contributed by atoms with van der Waals surface area (Å²) < 4.78 is 6.70. The Morgan fingerprint density at radius 2 is 2.31 bits per heavy atom. The molecule has 0 aliphatic carbocycles. The number of ether oxygens (including phenoxy) is 1. The van der Waals surface area contributed by atoms with Crippen molar-refractivity contribution in [2.45, 2.75) is 32.4 Å². The molecule has 0 bridgehead atoms. The van der Waals surface area contributed by atoms with E-state index < -0.39 is 4.92 Å². The molecular weight excluding hydrogens is 234 g/mol. The van der Waals surface area contributed by atoms with Gasteiger partial charge in [-0.3, -0.25) is 0 Å². The van der Waals surface area contributed by atoms with Crippen molar-refractivity contribution in [1.82, 2.24) is 9.78 Å². The zero-order chi connectivity index (χ0) is 12.3. The minimum Gasteiger partial charge on any atom is -0.379 e. The maximum Gasteiger partial charge on any atom is 0.408 e. The van der Waals surface area contributed by atoms with Gasteiger partial charge in [-0.05, 0) is 25.2 Å². The Labute approximate surface area is 98.3 Å². The van der Waals surface area contributed by atoms with Crippen molar-refractivity contribution in [2.75, 3.05) is 7.11 Å². The van der Waals surface area contributed by atoms with Crippen molar-refractivity contribution >= 4 is 17.4 Å². The molecule has 0 saturated heterocycles. The van der Waals surface area contributed by atoms with Gasteiger partial charge in [0.1, 0.15) is 0 Å². The maximum absolute atomic E-state index is 10.5. The van der Waals surface area contributed by atoms with Crippen LogP contribution in [0, 0.1) is 10.1 Å². The summed E-state index contributed by atoms with van der Waals surface area (Å²) in [5.41, 5.74) is -0.285. The molecule has 0 saturated carbocycles. The number of methoxy groups -OCH3 is 1. The summed E-state index contributed by atoms with van der Waals surface area (Å²) in [6.07, 6.45) is 2.14. The fourth-order valence-corrected chi connectivity index (χ4v) is 1.33. The molecule has 0 amide bonds. The average Bonchev–Trinajstić information content (AvgIpc) is 2.57. The van der Waals surface area contributed by atoms with Gasteiger partial charge in [0.15, 0.2) is 5.02 Å². The number of rotatable bonds is 5. The van der Waals surface area contributed by atoms with Crippen molar-refractivity contribution in [3.8, 4) is 0 Å². The number of nitrogens with zero attached hydrogens (tertiary/aromatic N) is 3. The van der Waals surface area contributed by atoms with Crippen molar-refractivity contribution in [3.05, 3.63) is 21.3 Å². The summed E-state index contributed by atoms with van der Waals surface area (Å²) >= 11 is 5.67. The number of nitro groups is 1. The smallest absolute Gasteiger partial charge is 0.379 e. The summed E-state index contributed by atoms with van der Waals surface area (Å²) in [4.78, 5) is 9.92. The molecule has 1 aromatic rings. The maximum atomic E-state index is 10.5. The molecule has 1 rings (SSSR count).